The lowest BCUT2D eigenvalue weighted by Crippen LogP contribution is -2.13. The fraction of sp³-hybridized carbons (Fsp3) is 0. The van der Waals surface area contributed by atoms with E-state index in [2.05, 4.69) is 5.32 Å². The zero-order valence-electron chi connectivity index (χ0n) is 11.5. The Morgan fingerprint density at radius 3 is 2.32 bits per heavy atom. The molecule has 0 aromatic heterocycles. The van der Waals surface area contributed by atoms with Crippen LogP contribution in [0.4, 0.5) is 5.69 Å². The van der Waals surface area contributed by atoms with Gasteiger partial charge in [0.05, 0.1) is 5.56 Å². The monoisotopic (exact) mass is 292 g/mol. The van der Waals surface area contributed by atoms with Crippen molar-refractivity contribution in [3.8, 4) is 6.07 Å². The maximum atomic E-state index is 12.1. The molecule has 0 radical (unpaired) electrons. The minimum atomic E-state index is -1.12. The Morgan fingerprint density at radius 2 is 1.68 bits per heavy atom. The summed E-state index contributed by atoms with van der Waals surface area (Å²) in [5.41, 5.74) is 0.718. The number of aromatic carboxylic acids is 1. The fourth-order valence-corrected chi connectivity index (χ4v) is 1.84. The molecule has 0 aliphatic carbocycles. The van der Waals surface area contributed by atoms with E-state index in [1.807, 2.05) is 0 Å². The number of carboxylic acids is 1. The van der Waals surface area contributed by atoms with Gasteiger partial charge in [-0.05, 0) is 29.8 Å². The molecule has 0 spiro atoms. The molecule has 0 atom stereocenters. The third-order valence-electron chi connectivity index (χ3n) is 2.89. The van der Waals surface area contributed by atoms with Crippen molar-refractivity contribution in [3.05, 3.63) is 71.3 Å². The number of hydrogen-bond acceptors (Lipinski definition) is 3. The molecule has 108 valence electrons. The summed E-state index contributed by atoms with van der Waals surface area (Å²) in [5, 5.41) is 20.8. The van der Waals surface area contributed by atoms with Crippen LogP contribution >= 0.6 is 0 Å². The molecule has 2 N–H and O–H groups in total. The van der Waals surface area contributed by atoms with Crippen molar-refractivity contribution >= 4 is 23.6 Å². The maximum Gasteiger partial charge on any atom is 0.336 e. The number of nitriles is 1. The van der Waals surface area contributed by atoms with Gasteiger partial charge in [0.2, 0.25) is 0 Å². The highest BCUT2D eigenvalue weighted by molar-refractivity contribution is 6.10. The molecule has 0 unspecified atom stereocenters. The SMILES string of the molecule is N#C/C(=C\c1ccccc1C(=O)O)C(=O)Nc1ccccc1. The summed E-state index contributed by atoms with van der Waals surface area (Å²) in [5.74, 6) is -1.71. The standard InChI is InChI=1S/C17H12N2O3/c18-11-13(16(20)19-14-7-2-1-3-8-14)10-12-6-4-5-9-15(12)17(21)22/h1-10H,(H,19,20)(H,21,22)/b13-10+. The molecule has 0 fully saturated rings. The molecule has 0 bridgehead atoms. The van der Waals surface area contributed by atoms with Crippen LogP contribution in [-0.4, -0.2) is 17.0 Å². The summed E-state index contributed by atoms with van der Waals surface area (Å²) in [7, 11) is 0. The average Bonchev–Trinajstić information content (AvgIpc) is 2.53. The molecule has 5 heteroatoms. The minimum Gasteiger partial charge on any atom is -0.478 e. The van der Waals surface area contributed by atoms with Crippen LogP contribution < -0.4 is 5.32 Å². The van der Waals surface area contributed by atoms with Gasteiger partial charge in [-0.3, -0.25) is 4.79 Å². The van der Waals surface area contributed by atoms with Crippen molar-refractivity contribution < 1.29 is 14.7 Å². The maximum absolute atomic E-state index is 12.1. The van der Waals surface area contributed by atoms with Crippen LogP contribution in [0.15, 0.2) is 60.2 Å². The molecular weight excluding hydrogens is 280 g/mol. The van der Waals surface area contributed by atoms with Gasteiger partial charge < -0.3 is 10.4 Å². The predicted molar refractivity (Wildman–Crippen MR) is 82.1 cm³/mol. The van der Waals surface area contributed by atoms with Gasteiger partial charge in [-0.1, -0.05) is 36.4 Å². The van der Waals surface area contributed by atoms with Crippen LogP contribution in [0.25, 0.3) is 6.08 Å². The summed E-state index contributed by atoms with van der Waals surface area (Å²) < 4.78 is 0. The third kappa shape index (κ3) is 3.58. The van der Waals surface area contributed by atoms with Crippen LogP contribution in [0.2, 0.25) is 0 Å². The van der Waals surface area contributed by atoms with E-state index in [0.717, 1.165) is 0 Å². The lowest BCUT2D eigenvalue weighted by Gasteiger charge is -2.05. The Hall–Kier alpha value is -3.39. The molecule has 0 aliphatic rings. The number of benzene rings is 2. The van der Waals surface area contributed by atoms with E-state index in [1.165, 1.54) is 18.2 Å². The topological polar surface area (TPSA) is 90.2 Å². The van der Waals surface area contributed by atoms with Gasteiger partial charge in [0, 0.05) is 5.69 Å². The lowest BCUT2D eigenvalue weighted by molar-refractivity contribution is -0.112. The summed E-state index contributed by atoms with van der Waals surface area (Å²) in [4.78, 5) is 23.2. The number of nitrogens with zero attached hydrogens (tertiary/aromatic N) is 1. The number of hydrogen-bond donors (Lipinski definition) is 2. The molecule has 5 nitrogen and oxygen atoms in total. The number of nitrogens with one attached hydrogen (secondary N) is 1. The molecule has 0 heterocycles. The van der Waals surface area contributed by atoms with E-state index in [9.17, 15) is 9.59 Å². The minimum absolute atomic E-state index is 0.0303. The smallest absolute Gasteiger partial charge is 0.336 e. The van der Waals surface area contributed by atoms with Crippen LogP contribution in [0.1, 0.15) is 15.9 Å². The Morgan fingerprint density at radius 1 is 1.05 bits per heavy atom. The quantitative estimate of drug-likeness (QED) is 0.669. The predicted octanol–water partition coefficient (Wildman–Crippen LogP) is 2.93. The van der Waals surface area contributed by atoms with Gasteiger partial charge >= 0.3 is 5.97 Å². The van der Waals surface area contributed by atoms with Crippen molar-refractivity contribution in [2.45, 2.75) is 0 Å². The summed E-state index contributed by atoms with van der Waals surface area (Å²) in [6, 6.07) is 16.7. The first-order valence-corrected chi connectivity index (χ1v) is 6.42. The molecule has 0 aliphatic heterocycles. The van der Waals surface area contributed by atoms with E-state index in [0.29, 0.717) is 11.3 Å². The second-order valence-electron chi connectivity index (χ2n) is 4.38. The molecule has 0 saturated heterocycles. The molecule has 1 amide bonds. The van der Waals surface area contributed by atoms with E-state index in [-0.39, 0.29) is 11.1 Å². The Kier molecular flexibility index (Phi) is 4.68. The highest BCUT2D eigenvalue weighted by Gasteiger charge is 2.12. The first-order chi connectivity index (χ1) is 10.6. The van der Waals surface area contributed by atoms with Gasteiger partial charge in [0.15, 0.2) is 0 Å². The van der Waals surface area contributed by atoms with Crippen LogP contribution in [0.3, 0.4) is 0 Å². The second-order valence-corrected chi connectivity index (χ2v) is 4.38. The van der Waals surface area contributed by atoms with Crippen molar-refractivity contribution in [2.24, 2.45) is 0 Å². The lowest BCUT2D eigenvalue weighted by atomic mass is 10.0. The zero-order valence-corrected chi connectivity index (χ0v) is 11.5. The number of rotatable bonds is 4. The van der Waals surface area contributed by atoms with Crippen LogP contribution in [-0.2, 0) is 4.79 Å². The van der Waals surface area contributed by atoms with Gasteiger partial charge in [-0.15, -0.1) is 0 Å². The Balaban J connectivity index is 2.30. The molecule has 2 aromatic carbocycles. The van der Waals surface area contributed by atoms with Gasteiger partial charge in [-0.2, -0.15) is 5.26 Å². The van der Waals surface area contributed by atoms with E-state index in [1.54, 1.807) is 48.5 Å². The van der Waals surface area contributed by atoms with E-state index >= 15 is 0 Å². The van der Waals surface area contributed by atoms with Crippen LogP contribution in [0, 0.1) is 11.3 Å². The van der Waals surface area contributed by atoms with Gasteiger partial charge in [-0.25, -0.2) is 4.79 Å². The van der Waals surface area contributed by atoms with E-state index < -0.39 is 11.9 Å². The summed E-state index contributed by atoms with van der Waals surface area (Å²) in [6.45, 7) is 0. The van der Waals surface area contributed by atoms with Gasteiger partial charge in [0.25, 0.3) is 5.91 Å². The van der Waals surface area contributed by atoms with Crippen LogP contribution in [0.5, 0.6) is 0 Å². The second kappa shape index (κ2) is 6.86. The van der Waals surface area contributed by atoms with Crippen molar-refractivity contribution in [1.29, 1.82) is 5.26 Å². The zero-order chi connectivity index (χ0) is 15.9. The number of carbonyl (C=O) groups is 2. The molecule has 22 heavy (non-hydrogen) atoms. The van der Waals surface area contributed by atoms with Gasteiger partial charge in [0.1, 0.15) is 11.6 Å². The number of carbonyl (C=O) groups excluding carboxylic acids is 1. The summed E-state index contributed by atoms with van der Waals surface area (Å²) >= 11 is 0. The van der Waals surface area contributed by atoms with Crippen molar-refractivity contribution in [2.75, 3.05) is 5.32 Å². The fourth-order valence-electron chi connectivity index (χ4n) is 1.84. The highest BCUT2D eigenvalue weighted by atomic mass is 16.4. The van der Waals surface area contributed by atoms with Crippen molar-refractivity contribution in [1.82, 2.24) is 0 Å². The average molecular weight is 292 g/mol. The van der Waals surface area contributed by atoms with E-state index in [4.69, 9.17) is 10.4 Å². The van der Waals surface area contributed by atoms with Crippen molar-refractivity contribution in [3.63, 3.8) is 0 Å². The highest BCUT2D eigenvalue weighted by Crippen LogP contribution is 2.15. The molecular formula is C17H12N2O3. The Bertz CT molecular complexity index is 774. The first-order valence-electron chi connectivity index (χ1n) is 6.42. The largest absolute Gasteiger partial charge is 0.478 e. The third-order valence-corrected chi connectivity index (χ3v) is 2.89. The number of amides is 1. The molecule has 0 saturated carbocycles. The normalized spacial score (nSPS) is 10.6. The Labute approximate surface area is 127 Å². The number of anilines is 1. The molecule has 2 aromatic rings. The first kappa shape index (κ1) is 15.0. The molecule has 2 rings (SSSR count). The summed E-state index contributed by atoms with van der Waals surface area (Å²) in [6.07, 6.45) is 1.27. The number of para-hydroxylation sites is 1. The number of carboxylic acid groups (broad SMARTS) is 1.